The number of benzene rings is 3. The van der Waals surface area contributed by atoms with E-state index in [-0.39, 0.29) is 18.3 Å². The highest BCUT2D eigenvalue weighted by molar-refractivity contribution is 6.14. The minimum absolute atomic E-state index is 0. The third-order valence-corrected chi connectivity index (χ3v) is 4.91. The summed E-state index contributed by atoms with van der Waals surface area (Å²) in [5.74, 6) is -0.0905. The van der Waals surface area contributed by atoms with Gasteiger partial charge in [-0.2, -0.15) is 0 Å². The molecule has 28 heavy (non-hydrogen) atoms. The lowest BCUT2D eigenvalue weighted by atomic mass is 9.90. The molecular weight excluding hydrogens is 370 g/mol. The highest BCUT2D eigenvalue weighted by Crippen LogP contribution is 2.38. The summed E-state index contributed by atoms with van der Waals surface area (Å²) < 4.78 is 0. The minimum Gasteiger partial charge on any atom is -1.00 e. The number of aromatic nitrogens is 1. The number of carbonyl (C=O) groups is 1. The first-order valence-corrected chi connectivity index (χ1v) is 9.11. The summed E-state index contributed by atoms with van der Waals surface area (Å²) in [6.07, 6.45) is 2.84. The first kappa shape index (κ1) is 19.6. The van der Waals surface area contributed by atoms with Crippen LogP contribution in [-0.2, 0) is 11.2 Å². The van der Waals surface area contributed by atoms with Gasteiger partial charge in [-0.3, -0.25) is 4.79 Å². The van der Waals surface area contributed by atoms with Gasteiger partial charge in [0, 0.05) is 24.1 Å². The summed E-state index contributed by atoms with van der Waals surface area (Å²) in [7, 11) is 0. The van der Waals surface area contributed by atoms with Crippen LogP contribution in [0.25, 0.3) is 32.8 Å². The molecule has 1 aromatic heterocycles. The van der Waals surface area contributed by atoms with Gasteiger partial charge in [-0.1, -0.05) is 37.3 Å². The number of fused-ring (bicyclic) bond motifs is 3. The summed E-state index contributed by atoms with van der Waals surface area (Å²) in [4.78, 5) is 15.2. The van der Waals surface area contributed by atoms with Gasteiger partial charge >= 0.3 is 0 Å². The van der Waals surface area contributed by atoms with Crippen molar-refractivity contribution in [2.75, 3.05) is 11.1 Å². The number of hydrogen-bond donors (Lipinski definition) is 2. The van der Waals surface area contributed by atoms with Gasteiger partial charge in [-0.25, -0.2) is 4.98 Å². The number of nitrogens with two attached hydrogens (primary N) is 1. The van der Waals surface area contributed by atoms with Crippen molar-refractivity contribution >= 4 is 39.0 Å². The first-order valence-electron chi connectivity index (χ1n) is 9.11. The van der Waals surface area contributed by atoms with Crippen molar-refractivity contribution in [1.82, 2.24) is 0 Å². The Morgan fingerprint density at radius 2 is 1.82 bits per heavy atom. The van der Waals surface area contributed by atoms with E-state index >= 15 is 0 Å². The fraction of sp³-hybridized carbons (Fsp3) is 0.130. The fourth-order valence-corrected chi connectivity index (χ4v) is 3.78. The molecule has 3 aromatic carbocycles. The van der Waals surface area contributed by atoms with E-state index in [2.05, 4.69) is 35.4 Å². The monoisotopic (exact) mass is 391 g/mol. The number of aryl methyl sites for hydroxylation is 1. The minimum atomic E-state index is -0.0905. The number of nitrogens with one attached hydrogen (secondary N) is 2. The van der Waals surface area contributed by atoms with Gasteiger partial charge in [-0.15, -0.1) is 0 Å². The van der Waals surface area contributed by atoms with Gasteiger partial charge in [-0.05, 0) is 41.3 Å². The quantitative estimate of drug-likeness (QED) is 0.411. The molecule has 0 unspecified atom stereocenters. The molecule has 4 N–H and O–H groups in total. The molecule has 0 saturated carbocycles. The third-order valence-electron chi connectivity index (χ3n) is 4.91. The van der Waals surface area contributed by atoms with Gasteiger partial charge in [0.15, 0.2) is 6.20 Å². The molecule has 0 aliphatic carbocycles. The molecule has 1 heterocycles. The van der Waals surface area contributed by atoms with E-state index < -0.39 is 0 Å². The second kappa shape index (κ2) is 7.87. The Bertz CT molecular complexity index is 1170. The van der Waals surface area contributed by atoms with E-state index in [0.29, 0.717) is 0 Å². The van der Waals surface area contributed by atoms with E-state index in [1.165, 1.54) is 12.5 Å². The van der Waals surface area contributed by atoms with Crippen LogP contribution in [0.5, 0.6) is 0 Å². The molecule has 0 fully saturated rings. The molecule has 5 heteroatoms. The normalized spacial score (nSPS) is 10.6. The summed E-state index contributed by atoms with van der Waals surface area (Å²) in [6, 6.07) is 18.2. The molecule has 1 amide bonds. The largest absolute Gasteiger partial charge is 1.00 e. The lowest BCUT2D eigenvalue weighted by Gasteiger charge is -2.16. The zero-order valence-corrected chi connectivity index (χ0v) is 16.6. The molecule has 4 rings (SSSR count). The molecule has 0 aliphatic heterocycles. The van der Waals surface area contributed by atoms with Crippen molar-refractivity contribution in [3.63, 3.8) is 0 Å². The van der Waals surface area contributed by atoms with Crippen molar-refractivity contribution in [2.45, 2.75) is 20.3 Å². The summed E-state index contributed by atoms with van der Waals surface area (Å²) in [5.41, 5.74) is 12.1. The molecule has 4 nitrogen and oxygen atoms in total. The lowest BCUT2D eigenvalue weighted by Crippen LogP contribution is -3.00. The smallest absolute Gasteiger partial charge is 0.221 e. The SMILES string of the molecule is CCc1c(-c2ccccc2)cc(NC(C)=O)c2c[nH+]c3ccc(N)cc3c12.[Cl-]. The Hall–Kier alpha value is -3.11. The molecule has 0 bridgehead atoms. The zero-order valence-electron chi connectivity index (χ0n) is 15.8. The third kappa shape index (κ3) is 3.39. The molecule has 0 aliphatic rings. The maximum Gasteiger partial charge on any atom is 0.221 e. The maximum absolute atomic E-state index is 11.8. The number of carbonyl (C=O) groups excluding carboxylic acids is 1. The van der Waals surface area contributed by atoms with Crippen LogP contribution < -0.4 is 28.4 Å². The highest BCUT2D eigenvalue weighted by Gasteiger charge is 2.18. The second-order valence-electron chi connectivity index (χ2n) is 6.73. The maximum atomic E-state index is 11.8. The average molecular weight is 392 g/mol. The van der Waals surface area contributed by atoms with Crippen molar-refractivity contribution in [1.29, 1.82) is 0 Å². The number of nitrogen functional groups attached to an aromatic ring is 1. The van der Waals surface area contributed by atoms with Gasteiger partial charge in [0.2, 0.25) is 11.4 Å². The number of rotatable bonds is 3. The molecule has 0 atom stereocenters. The van der Waals surface area contributed by atoms with Crippen molar-refractivity contribution in [3.05, 3.63) is 66.4 Å². The number of halogens is 1. The molecule has 0 radical (unpaired) electrons. The van der Waals surface area contributed by atoms with Gasteiger partial charge in [0.05, 0.1) is 16.5 Å². The van der Waals surface area contributed by atoms with E-state index in [4.69, 9.17) is 5.73 Å². The number of hydrogen-bond acceptors (Lipinski definition) is 2. The van der Waals surface area contributed by atoms with Crippen LogP contribution in [0, 0.1) is 0 Å². The van der Waals surface area contributed by atoms with Crippen LogP contribution in [-0.4, -0.2) is 5.91 Å². The lowest BCUT2D eigenvalue weighted by molar-refractivity contribution is -0.342. The summed E-state index contributed by atoms with van der Waals surface area (Å²) in [6.45, 7) is 3.69. The number of anilines is 2. The van der Waals surface area contributed by atoms with Gasteiger partial charge in [0.1, 0.15) is 0 Å². The molecule has 0 saturated heterocycles. The fourth-order valence-electron chi connectivity index (χ4n) is 3.78. The Morgan fingerprint density at radius 1 is 1.07 bits per heavy atom. The molecule has 142 valence electrons. The Kier molecular flexibility index (Phi) is 5.52. The van der Waals surface area contributed by atoms with Crippen LogP contribution in [0.1, 0.15) is 19.4 Å². The van der Waals surface area contributed by atoms with E-state index in [0.717, 1.165) is 50.6 Å². The second-order valence-corrected chi connectivity index (χ2v) is 6.73. The standard InChI is InChI=1S/C23H21N3O.ClH/c1-3-17-18(15-7-5-4-6-8-15)12-22(26-14(2)27)20-13-25-21-10-9-16(24)11-19(21)23(17)20;/h4-13H,3,24H2,1-2H3,(H,26,27);1H. The first-order chi connectivity index (χ1) is 13.1. The van der Waals surface area contributed by atoms with Crippen molar-refractivity contribution < 1.29 is 22.2 Å². The van der Waals surface area contributed by atoms with Crippen LogP contribution >= 0.6 is 0 Å². The van der Waals surface area contributed by atoms with E-state index in [1.807, 2.05) is 42.6 Å². The van der Waals surface area contributed by atoms with Crippen LogP contribution in [0.4, 0.5) is 11.4 Å². The van der Waals surface area contributed by atoms with Crippen molar-refractivity contribution in [3.8, 4) is 11.1 Å². The average Bonchev–Trinajstić information content (AvgIpc) is 2.67. The summed E-state index contributed by atoms with van der Waals surface area (Å²) >= 11 is 0. The Labute approximate surface area is 170 Å². The number of aromatic amines is 1. The Balaban J connectivity index is 0.00000225. The van der Waals surface area contributed by atoms with E-state index in [1.54, 1.807) is 0 Å². The van der Waals surface area contributed by atoms with Gasteiger partial charge < -0.3 is 23.5 Å². The molecular formula is C23H22ClN3O. The predicted octanol–water partition coefficient (Wildman–Crippen LogP) is 1.58. The molecule has 0 spiro atoms. The highest BCUT2D eigenvalue weighted by atomic mass is 35.5. The van der Waals surface area contributed by atoms with Crippen LogP contribution in [0.3, 0.4) is 0 Å². The number of amides is 1. The predicted molar refractivity (Wildman–Crippen MR) is 112 cm³/mol. The van der Waals surface area contributed by atoms with E-state index in [9.17, 15) is 4.79 Å². The molecule has 4 aromatic rings. The van der Waals surface area contributed by atoms with Crippen LogP contribution in [0.15, 0.2) is 60.8 Å². The number of pyridine rings is 1. The van der Waals surface area contributed by atoms with Gasteiger partial charge in [0.25, 0.3) is 0 Å². The number of H-pyrrole nitrogens is 1. The van der Waals surface area contributed by atoms with Crippen LogP contribution in [0.2, 0.25) is 0 Å². The zero-order chi connectivity index (χ0) is 19.0. The Morgan fingerprint density at radius 3 is 2.50 bits per heavy atom. The topological polar surface area (TPSA) is 69.3 Å². The van der Waals surface area contributed by atoms with Crippen molar-refractivity contribution in [2.24, 2.45) is 0 Å². The summed E-state index contributed by atoms with van der Waals surface area (Å²) in [5, 5.41) is 6.18.